The van der Waals surface area contributed by atoms with Gasteiger partial charge in [-0.2, -0.15) is 11.8 Å². The number of unbranched alkanes of at least 4 members (excludes halogenated alkanes) is 1. The topological polar surface area (TPSA) is 607 Å². The van der Waals surface area contributed by atoms with E-state index in [1.165, 1.54) is 47.1 Å². The number of aliphatic hydroxyl groups excluding tert-OH is 5. The molecule has 115 heavy (non-hydrogen) atoms. The molecule has 4 saturated heterocycles. The van der Waals surface area contributed by atoms with E-state index in [0.29, 0.717) is 23.9 Å². The smallest absolute Gasteiger partial charge is 0.315 e. The number of H-pyrrole nitrogens is 1. The summed E-state index contributed by atoms with van der Waals surface area (Å²) in [6, 6.07) is -5.89. The number of carbonyl (C=O) groups is 15. The number of aliphatic carboxylic acids is 1. The lowest BCUT2D eigenvalue weighted by atomic mass is 9.88. The van der Waals surface area contributed by atoms with Gasteiger partial charge < -0.3 is 113 Å². The molecule has 0 bridgehead atoms. The van der Waals surface area contributed by atoms with E-state index in [4.69, 9.17) is 30.4 Å². The number of ether oxygens (including phenoxy) is 4. The van der Waals surface area contributed by atoms with Crippen LogP contribution in [0.1, 0.15) is 157 Å². The number of aliphatic imine (C=N–C) groups is 1. The number of aromatic amines is 1. The minimum atomic E-state index is -1.70. The number of carboxylic acid groups (broad SMARTS) is 1. The summed E-state index contributed by atoms with van der Waals surface area (Å²) in [4.78, 5) is 213. The quantitative estimate of drug-likeness (QED) is 0.0132. The zero-order valence-electron chi connectivity index (χ0n) is 66.6. The Balaban J connectivity index is 1.07. The van der Waals surface area contributed by atoms with Gasteiger partial charge in [0.2, 0.25) is 41.4 Å². The highest BCUT2D eigenvalue weighted by atomic mass is 32.2. The third-order valence-electron chi connectivity index (χ3n) is 20.9. The summed E-state index contributed by atoms with van der Waals surface area (Å²) in [5.41, 5.74) is 11.4. The molecule has 19 atom stereocenters. The second-order valence-corrected chi connectivity index (χ2v) is 31.6. The first kappa shape index (κ1) is 97.1. The van der Waals surface area contributed by atoms with Crippen molar-refractivity contribution < 1.29 is 122 Å². The maximum atomic E-state index is 14.3. The molecule has 0 radical (unpaired) electrons. The lowest BCUT2D eigenvalue weighted by molar-refractivity contribution is -0.293. The summed E-state index contributed by atoms with van der Waals surface area (Å²) < 4.78 is 22.8. The number of urea groups is 1. The summed E-state index contributed by atoms with van der Waals surface area (Å²) in [5.74, 6) is -17.6. The molecule has 0 spiro atoms. The van der Waals surface area contributed by atoms with Crippen LogP contribution >= 0.6 is 11.8 Å². The molecule has 0 saturated carbocycles. The monoisotopic (exact) mass is 1650 g/mol. The number of fused-ring (bicyclic) bond motifs is 1. The molecule has 0 aromatic carbocycles. The Morgan fingerprint density at radius 2 is 1.38 bits per heavy atom. The van der Waals surface area contributed by atoms with Crippen LogP contribution in [0.3, 0.4) is 0 Å². The maximum absolute atomic E-state index is 14.3. The zero-order valence-corrected chi connectivity index (χ0v) is 67.4. The second-order valence-electron chi connectivity index (χ2n) is 30.3. The van der Waals surface area contributed by atoms with E-state index in [0.717, 1.165) is 29.9 Å². The van der Waals surface area contributed by atoms with Gasteiger partial charge in [0.05, 0.1) is 113 Å². The first-order valence-electron chi connectivity index (χ1n) is 39.3. The number of likely N-dealkylation sites (tertiary alicyclic amines) is 1. The summed E-state index contributed by atoms with van der Waals surface area (Å²) >= 11 is 1.84. The van der Waals surface area contributed by atoms with Crippen molar-refractivity contribution in [2.45, 2.75) is 236 Å². The fraction of sp³-hybridized carbons (Fsp3) is 0.747. The van der Waals surface area contributed by atoms with Crippen LogP contribution in [0.25, 0.3) is 0 Å². The van der Waals surface area contributed by atoms with E-state index >= 15 is 0 Å². The van der Waals surface area contributed by atoms with Crippen molar-refractivity contribution in [3.63, 3.8) is 0 Å². The van der Waals surface area contributed by atoms with Crippen LogP contribution in [0, 0.1) is 41.4 Å². The van der Waals surface area contributed by atoms with E-state index in [1.54, 1.807) is 13.8 Å². The normalized spacial score (nSPS) is 22.4. The average molecular weight is 1650 g/mol. The van der Waals surface area contributed by atoms with E-state index in [1.807, 2.05) is 11.8 Å². The highest BCUT2D eigenvalue weighted by molar-refractivity contribution is 8.00. The Bertz CT molecular complexity index is 3460. The third kappa shape index (κ3) is 32.5. The standard InChI is InChI=1S/C75H120N14O25S/c1-39(2)52(32-51(95)34-82-68(105)46(26-49-33-78-38-83-49)27-50(94)16-17-61(100)80-20-23-112-25-24-111-22-19-79-60(99)15-9-8-14-59-65-53(37-115-59)85-75(110)88-65)71(108)86-63(43(6)93)56(97)30-48(35-90)70(107)84-41(4)72(109)89-21-11-13-54(89)55(96)29-47(31-62(101)102)69(106)87-64(57(98)28-45(42(5)92)12-10-18-81-74(76)77)44(7)113-73-40(3)66(103)67(104)58(36-91)114-73/h33,38-41,43-48,52-54,58-59,63-67,73,90-91,93,103-104H,8-32,34-37H2,1-7H3,(H,78,83)(H,79,99)(H,80,100)(H,82,105)(H,84,107)(H,86,108)(H,87,106)(H,101,102)(H4,76,77,81)(H2,85,88,110)/t40?,41-,43?,44?,45+,46+,47-,48-,52?,53-,54?,58?,59-,63-,64-,65-,66+,67-,73-/m0/s1. The van der Waals surface area contributed by atoms with Crippen molar-refractivity contribution in [2.24, 2.45) is 57.9 Å². The first-order valence-corrected chi connectivity index (χ1v) is 40.4. The number of nitrogens with zero attached hydrogens (tertiary/aromatic N) is 3. The Hall–Kier alpha value is -8.48. The number of hydrogen-bond acceptors (Lipinski definition) is 27. The Morgan fingerprint density at radius 1 is 0.730 bits per heavy atom. The number of nitrogens with one attached hydrogen (secondary N) is 9. The van der Waals surface area contributed by atoms with E-state index in [-0.39, 0.29) is 127 Å². The molecule has 19 N–H and O–H groups in total. The molecule has 646 valence electrons. The minimum absolute atomic E-state index is 0.00762. The number of amides is 9. The van der Waals surface area contributed by atoms with Crippen molar-refractivity contribution >= 4 is 106 Å². The molecule has 9 amide bonds. The summed E-state index contributed by atoms with van der Waals surface area (Å²) in [6.07, 6.45) is -6.41. The number of nitrogens with two attached hydrogens (primary N) is 2. The number of aliphatic hydroxyl groups is 5. The SMILES string of the molecule is CC(=O)[C@H](CCCN=C(N)N)CC(=O)[C@@H](NC(=O)[C@H](CC(=O)O)CC(=O)C1CCCN1C(=O)[C@H](C)NC(=O)[C@H](CO)CC(=O)[C@@H](NC(=O)C(CC(=O)CNC(=O)[C@@H](CC(=O)CCC(=O)NCCOCCOCCNC(=O)CCCC[C@@H]1SC[C@@H]2NC(=O)N[C@@H]21)Cc1cnc[nH]1)C(C)C)C(C)O)C(C)O[C@H]1OC(CO)[C@H](O)[C@H](O)C1C. The van der Waals surface area contributed by atoms with Crippen molar-refractivity contribution in [3.05, 3.63) is 18.2 Å². The number of hydrogen-bond donors (Lipinski definition) is 17. The highest BCUT2D eigenvalue weighted by Crippen LogP contribution is 2.34. The van der Waals surface area contributed by atoms with Gasteiger partial charge in [0.1, 0.15) is 41.9 Å². The van der Waals surface area contributed by atoms with E-state index < -0.39 is 230 Å². The molecule has 4 aliphatic rings. The highest BCUT2D eigenvalue weighted by Gasteiger charge is 2.47. The van der Waals surface area contributed by atoms with Crippen LogP contribution in [0.5, 0.6) is 0 Å². The maximum Gasteiger partial charge on any atom is 0.315 e. The first-order chi connectivity index (χ1) is 54.5. The number of imidazole rings is 1. The van der Waals surface area contributed by atoms with Gasteiger partial charge in [-0.05, 0) is 72.1 Å². The molecule has 40 heteroatoms. The van der Waals surface area contributed by atoms with E-state index in [9.17, 15) is 103 Å². The number of aromatic nitrogens is 2. The zero-order chi connectivity index (χ0) is 85.2. The van der Waals surface area contributed by atoms with Gasteiger partial charge in [-0.25, -0.2) is 9.78 Å². The second kappa shape index (κ2) is 49.6. The number of carbonyl (C=O) groups excluding carboxylic acids is 14. The Kier molecular flexibility index (Phi) is 41.8. The summed E-state index contributed by atoms with van der Waals surface area (Å²) in [5, 5.41) is 84.1. The molecule has 5 rings (SSSR count). The van der Waals surface area contributed by atoms with Crippen LogP contribution < -0.4 is 54.0 Å². The van der Waals surface area contributed by atoms with Gasteiger partial charge in [-0.15, -0.1) is 0 Å². The Morgan fingerprint density at radius 3 is 2.00 bits per heavy atom. The van der Waals surface area contributed by atoms with Gasteiger partial charge in [0.25, 0.3) is 0 Å². The van der Waals surface area contributed by atoms with Crippen LogP contribution in [0.4, 0.5) is 4.79 Å². The van der Waals surface area contributed by atoms with Crippen molar-refractivity contribution in [1.29, 1.82) is 0 Å². The van der Waals surface area contributed by atoms with Crippen LogP contribution in [0.2, 0.25) is 0 Å². The van der Waals surface area contributed by atoms with Crippen molar-refractivity contribution in [2.75, 3.05) is 78.1 Å². The molecule has 5 heterocycles. The van der Waals surface area contributed by atoms with Crippen LogP contribution in [-0.2, 0) is 92.5 Å². The van der Waals surface area contributed by atoms with E-state index in [2.05, 4.69) is 57.5 Å². The number of carboxylic acids is 1. The van der Waals surface area contributed by atoms with Gasteiger partial charge in [-0.3, -0.25) is 72.1 Å². The number of Topliss-reactive ketones (excluding diaryl/α,β-unsaturated/α-hetero) is 6. The average Bonchev–Trinajstić information content (AvgIpc) is 1.74. The molecular weight excluding hydrogens is 1530 g/mol. The predicted octanol–water partition coefficient (Wildman–Crippen LogP) is -3.19. The fourth-order valence-electron chi connectivity index (χ4n) is 14.1. The molecule has 1 aromatic heterocycles. The number of rotatable bonds is 56. The number of ketones is 6. The van der Waals surface area contributed by atoms with Crippen molar-refractivity contribution in [1.82, 2.24) is 57.4 Å². The van der Waals surface area contributed by atoms with Gasteiger partial charge in [0.15, 0.2) is 35.4 Å². The molecule has 6 unspecified atom stereocenters. The fourth-order valence-corrected chi connectivity index (χ4v) is 15.6. The molecular formula is C75H120N14O25S. The van der Waals surface area contributed by atoms with Crippen LogP contribution in [0.15, 0.2) is 17.5 Å². The number of guanidine groups is 1. The van der Waals surface area contributed by atoms with Crippen molar-refractivity contribution in [3.8, 4) is 0 Å². The third-order valence-corrected chi connectivity index (χ3v) is 22.4. The van der Waals surface area contributed by atoms with Gasteiger partial charge in [0, 0.05) is 125 Å². The lowest BCUT2D eigenvalue weighted by Crippen LogP contribution is -2.58. The minimum Gasteiger partial charge on any atom is -0.481 e. The Labute approximate surface area is 672 Å². The largest absolute Gasteiger partial charge is 0.481 e. The predicted molar refractivity (Wildman–Crippen MR) is 412 cm³/mol. The summed E-state index contributed by atoms with van der Waals surface area (Å²) in [6.45, 7) is 8.90. The number of thioether (sulfide) groups is 1. The molecule has 4 fully saturated rings. The molecule has 0 aliphatic carbocycles. The summed E-state index contributed by atoms with van der Waals surface area (Å²) in [7, 11) is 0. The van der Waals surface area contributed by atoms with Gasteiger partial charge in [-0.1, -0.05) is 27.2 Å². The van der Waals surface area contributed by atoms with Crippen LogP contribution in [-0.4, -0.2) is 296 Å². The molecule has 1 aromatic rings. The molecule has 39 nitrogen and oxygen atoms in total. The van der Waals surface area contributed by atoms with Gasteiger partial charge >= 0.3 is 12.0 Å². The molecule has 4 aliphatic heterocycles. The lowest BCUT2D eigenvalue weighted by Gasteiger charge is -2.42.